The van der Waals surface area contributed by atoms with Crippen LogP contribution in [0, 0.1) is 0 Å². The Hall–Kier alpha value is -3.14. The predicted molar refractivity (Wildman–Crippen MR) is 122 cm³/mol. The summed E-state index contributed by atoms with van der Waals surface area (Å²) in [5, 5.41) is 2.79. The van der Waals surface area contributed by atoms with Gasteiger partial charge in [0, 0.05) is 17.7 Å². The van der Waals surface area contributed by atoms with E-state index >= 15 is 0 Å². The first kappa shape index (κ1) is 25.1. The van der Waals surface area contributed by atoms with Crippen molar-refractivity contribution in [2.24, 2.45) is 0 Å². The van der Waals surface area contributed by atoms with E-state index in [9.17, 15) is 13.2 Å². The summed E-state index contributed by atoms with van der Waals surface area (Å²) in [6, 6.07) is 8.93. The molecule has 9 nitrogen and oxygen atoms in total. The van der Waals surface area contributed by atoms with Gasteiger partial charge in [0.2, 0.25) is 5.91 Å². The van der Waals surface area contributed by atoms with Gasteiger partial charge in [-0.3, -0.25) is 9.10 Å². The molecule has 2 aromatic rings. The van der Waals surface area contributed by atoms with Gasteiger partial charge < -0.3 is 24.3 Å². The van der Waals surface area contributed by atoms with E-state index in [2.05, 4.69) is 5.32 Å². The summed E-state index contributed by atoms with van der Waals surface area (Å²) in [6.07, 6.45) is 0. The second kappa shape index (κ2) is 9.99. The Labute approximate surface area is 189 Å². The molecule has 0 spiro atoms. The maximum absolute atomic E-state index is 13.7. The van der Waals surface area contributed by atoms with Gasteiger partial charge in [0.25, 0.3) is 10.0 Å². The number of ether oxygens (including phenoxy) is 4. The lowest BCUT2D eigenvalue weighted by Crippen LogP contribution is -2.47. The Kier molecular flexibility index (Phi) is 7.84. The van der Waals surface area contributed by atoms with Crippen molar-refractivity contribution in [1.82, 2.24) is 5.32 Å². The van der Waals surface area contributed by atoms with Gasteiger partial charge >= 0.3 is 0 Å². The van der Waals surface area contributed by atoms with Gasteiger partial charge in [-0.2, -0.15) is 0 Å². The Balaban J connectivity index is 2.66. The SMILES string of the molecule is COc1ccc(OC)c(N(CC(=O)NC(C)(C)C)S(=O)(=O)c2ccc(OC)c(OC)c2)c1. The van der Waals surface area contributed by atoms with Gasteiger partial charge in [-0.05, 0) is 45.0 Å². The molecule has 0 radical (unpaired) electrons. The lowest BCUT2D eigenvalue weighted by Gasteiger charge is -2.28. The van der Waals surface area contributed by atoms with Crippen LogP contribution in [-0.4, -0.2) is 54.8 Å². The summed E-state index contributed by atoms with van der Waals surface area (Å²) < 4.78 is 49.5. The number of benzene rings is 2. The van der Waals surface area contributed by atoms with Crippen molar-refractivity contribution in [3.8, 4) is 23.0 Å². The third-order valence-electron chi connectivity index (χ3n) is 4.40. The number of rotatable bonds is 9. The van der Waals surface area contributed by atoms with E-state index in [1.807, 2.05) is 20.8 Å². The molecule has 176 valence electrons. The molecule has 0 atom stereocenters. The molecule has 0 bridgehead atoms. The van der Waals surface area contributed by atoms with E-state index in [0.29, 0.717) is 11.5 Å². The number of hydrogen-bond acceptors (Lipinski definition) is 7. The first-order valence-corrected chi connectivity index (χ1v) is 11.2. The van der Waals surface area contributed by atoms with E-state index < -0.39 is 28.0 Å². The zero-order valence-corrected chi connectivity index (χ0v) is 20.2. The largest absolute Gasteiger partial charge is 0.497 e. The summed E-state index contributed by atoms with van der Waals surface area (Å²) in [5.41, 5.74) is -0.389. The van der Waals surface area contributed by atoms with Crippen molar-refractivity contribution in [2.45, 2.75) is 31.2 Å². The predicted octanol–water partition coefficient (Wildman–Crippen LogP) is 2.83. The molecule has 2 aromatic carbocycles. The van der Waals surface area contributed by atoms with Crippen LogP contribution in [0.2, 0.25) is 0 Å². The number of nitrogens with zero attached hydrogens (tertiary/aromatic N) is 1. The van der Waals surface area contributed by atoms with Crippen molar-refractivity contribution < 1.29 is 32.2 Å². The molecule has 0 heterocycles. The molecule has 10 heteroatoms. The maximum atomic E-state index is 13.7. The standard InChI is InChI=1S/C22H30N2O7S/c1-22(2,3)23-21(25)14-24(17-12-15(28-4)8-10-18(17)29-5)32(26,27)16-9-11-19(30-6)20(13-16)31-7/h8-13H,14H2,1-7H3,(H,23,25). The normalized spacial score (nSPS) is 11.5. The molecular weight excluding hydrogens is 436 g/mol. The quantitative estimate of drug-likeness (QED) is 0.606. The summed E-state index contributed by atoms with van der Waals surface area (Å²) in [4.78, 5) is 12.7. The van der Waals surface area contributed by atoms with Crippen molar-refractivity contribution >= 4 is 21.6 Å². The molecular formula is C22H30N2O7S. The number of carbonyl (C=O) groups excluding carboxylic acids is 1. The Morgan fingerprint density at radius 3 is 2.00 bits per heavy atom. The van der Waals surface area contributed by atoms with Gasteiger partial charge in [-0.15, -0.1) is 0 Å². The lowest BCUT2D eigenvalue weighted by atomic mass is 10.1. The minimum absolute atomic E-state index is 0.0800. The van der Waals surface area contributed by atoms with E-state index in [1.54, 1.807) is 12.1 Å². The Morgan fingerprint density at radius 2 is 1.47 bits per heavy atom. The zero-order chi connectivity index (χ0) is 24.1. The van der Waals surface area contributed by atoms with Crippen LogP contribution in [-0.2, 0) is 14.8 Å². The van der Waals surface area contributed by atoms with Crippen LogP contribution >= 0.6 is 0 Å². The smallest absolute Gasteiger partial charge is 0.265 e. The second-order valence-electron chi connectivity index (χ2n) is 7.86. The average molecular weight is 467 g/mol. The monoisotopic (exact) mass is 466 g/mol. The van der Waals surface area contributed by atoms with Crippen LogP contribution in [0.25, 0.3) is 0 Å². The van der Waals surface area contributed by atoms with Crippen LogP contribution in [0.1, 0.15) is 20.8 Å². The Morgan fingerprint density at radius 1 is 0.875 bits per heavy atom. The fraction of sp³-hybridized carbons (Fsp3) is 0.409. The molecule has 1 amide bonds. The van der Waals surface area contributed by atoms with Crippen LogP contribution < -0.4 is 28.6 Å². The van der Waals surface area contributed by atoms with E-state index in [1.165, 1.54) is 52.7 Å². The molecule has 0 aliphatic rings. The van der Waals surface area contributed by atoms with Gasteiger partial charge in [0.05, 0.1) is 39.0 Å². The minimum atomic E-state index is -4.22. The number of nitrogens with one attached hydrogen (secondary N) is 1. The lowest BCUT2D eigenvalue weighted by molar-refractivity contribution is -0.121. The molecule has 0 saturated carbocycles. The van der Waals surface area contributed by atoms with Crippen LogP contribution in [0.3, 0.4) is 0 Å². The molecule has 0 aliphatic carbocycles. The molecule has 0 saturated heterocycles. The van der Waals surface area contributed by atoms with E-state index in [4.69, 9.17) is 18.9 Å². The highest BCUT2D eigenvalue weighted by Crippen LogP contribution is 2.37. The number of anilines is 1. The second-order valence-corrected chi connectivity index (χ2v) is 9.73. The number of amides is 1. The first-order valence-electron chi connectivity index (χ1n) is 9.74. The van der Waals surface area contributed by atoms with Gasteiger partial charge in [0.1, 0.15) is 18.0 Å². The number of methoxy groups -OCH3 is 4. The third kappa shape index (κ3) is 5.76. The van der Waals surface area contributed by atoms with Crippen molar-refractivity contribution in [2.75, 3.05) is 39.3 Å². The van der Waals surface area contributed by atoms with Gasteiger partial charge in [-0.25, -0.2) is 8.42 Å². The van der Waals surface area contributed by atoms with Crippen molar-refractivity contribution in [3.63, 3.8) is 0 Å². The summed E-state index contributed by atoms with van der Waals surface area (Å²) >= 11 is 0. The number of carbonyl (C=O) groups is 1. The van der Waals surface area contributed by atoms with Crippen LogP contribution in [0.4, 0.5) is 5.69 Å². The van der Waals surface area contributed by atoms with Gasteiger partial charge in [-0.1, -0.05) is 0 Å². The maximum Gasteiger partial charge on any atom is 0.265 e. The van der Waals surface area contributed by atoms with E-state index in [-0.39, 0.29) is 22.1 Å². The highest BCUT2D eigenvalue weighted by Gasteiger charge is 2.31. The summed E-state index contributed by atoms with van der Waals surface area (Å²) in [7, 11) is 1.53. The highest BCUT2D eigenvalue weighted by atomic mass is 32.2. The molecule has 0 aliphatic heterocycles. The Bertz CT molecular complexity index is 1060. The van der Waals surface area contributed by atoms with Crippen LogP contribution in [0.15, 0.2) is 41.3 Å². The summed E-state index contributed by atoms with van der Waals surface area (Å²) in [5.74, 6) is 0.807. The minimum Gasteiger partial charge on any atom is -0.497 e. The molecule has 0 fully saturated rings. The van der Waals surface area contributed by atoms with Crippen LogP contribution in [0.5, 0.6) is 23.0 Å². The summed E-state index contributed by atoms with van der Waals surface area (Å²) in [6.45, 7) is 4.95. The third-order valence-corrected chi connectivity index (χ3v) is 6.16. The average Bonchev–Trinajstić information content (AvgIpc) is 2.75. The molecule has 32 heavy (non-hydrogen) atoms. The topological polar surface area (TPSA) is 103 Å². The first-order chi connectivity index (χ1) is 15.0. The van der Waals surface area contributed by atoms with E-state index in [0.717, 1.165) is 4.31 Å². The molecule has 0 aromatic heterocycles. The number of sulfonamides is 1. The van der Waals surface area contributed by atoms with Gasteiger partial charge in [0.15, 0.2) is 11.5 Å². The fourth-order valence-corrected chi connectivity index (χ4v) is 4.42. The molecule has 1 N–H and O–H groups in total. The number of hydrogen-bond donors (Lipinski definition) is 1. The van der Waals surface area contributed by atoms with Crippen molar-refractivity contribution in [3.05, 3.63) is 36.4 Å². The molecule has 0 unspecified atom stereocenters. The highest BCUT2D eigenvalue weighted by molar-refractivity contribution is 7.92. The molecule has 2 rings (SSSR count). The fourth-order valence-electron chi connectivity index (χ4n) is 2.98. The zero-order valence-electron chi connectivity index (χ0n) is 19.4. The van der Waals surface area contributed by atoms with Crippen molar-refractivity contribution in [1.29, 1.82) is 0 Å².